The molecule has 6 nitrogen and oxygen atoms in total. The highest BCUT2D eigenvalue weighted by Crippen LogP contribution is 2.30. The van der Waals surface area contributed by atoms with Crippen molar-refractivity contribution in [3.63, 3.8) is 0 Å². The van der Waals surface area contributed by atoms with E-state index in [4.69, 9.17) is 10.5 Å². The molecular weight excluding hydrogens is 234 g/mol. The van der Waals surface area contributed by atoms with Crippen molar-refractivity contribution in [3.8, 4) is 5.88 Å². The van der Waals surface area contributed by atoms with Crippen molar-refractivity contribution in [2.24, 2.45) is 11.7 Å². The van der Waals surface area contributed by atoms with Crippen LogP contribution in [0.2, 0.25) is 0 Å². The second-order valence-corrected chi connectivity index (χ2v) is 4.52. The Balaban J connectivity index is 2.15. The van der Waals surface area contributed by atoms with E-state index in [0.29, 0.717) is 6.54 Å². The fourth-order valence-electron chi connectivity index (χ4n) is 2.35. The topological polar surface area (TPSA) is 91.3 Å². The molecule has 1 heterocycles. The number of hydrogen-bond acceptors (Lipinski definition) is 5. The molecule has 1 saturated carbocycles. The van der Waals surface area contributed by atoms with Gasteiger partial charge in [-0.15, -0.1) is 0 Å². The SMILES string of the molecule is NCC1CCCCC1Oc1ncccc1[N+](=O)[O-]. The van der Waals surface area contributed by atoms with Crippen molar-refractivity contribution in [3.05, 3.63) is 28.4 Å². The summed E-state index contributed by atoms with van der Waals surface area (Å²) in [6, 6.07) is 2.94. The Morgan fingerprint density at radius 2 is 2.28 bits per heavy atom. The number of rotatable bonds is 4. The standard InChI is InChI=1S/C12H17N3O3/c13-8-9-4-1-2-6-11(9)18-12-10(15(16)17)5-3-7-14-12/h3,5,7,9,11H,1-2,4,6,8,13H2. The molecule has 1 fully saturated rings. The first-order chi connectivity index (χ1) is 8.72. The summed E-state index contributed by atoms with van der Waals surface area (Å²) in [5.74, 6) is 0.369. The number of pyridine rings is 1. The van der Waals surface area contributed by atoms with E-state index in [1.54, 1.807) is 0 Å². The Kier molecular flexibility index (Phi) is 4.09. The summed E-state index contributed by atoms with van der Waals surface area (Å²) in [7, 11) is 0. The summed E-state index contributed by atoms with van der Waals surface area (Å²) >= 11 is 0. The van der Waals surface area contributed by atoms with Crippen molar-refractivity contribution in [1.29, 1.82) is 0 Å². The van der Waals surface area contributed by atoms with Gasteiger partial charge in [0.15, 0.2) is 0 Å². The minimum atomic E-state index is -0.470. The Morgan fingerprint density at radius 3 is 3.00 bits per heavy atom. The first-order valence-electron chi connectivity index (χ1n) is 6.18. The monoisotopic (exact) mass is 251 g/mol. The Labute approximate surface area is 105 Å². The highest BCUT2D eigenvalue weighted by atomic mass is 16.6. The van der Waals surface area contributed by atoms with Crippen LogP contribution in [0.15, 0.2) is 18.3 Å². The van der Waals surface area contributed by atoms with Crippen LogP contribution < -0.4 is 10.5 Å². The predicted octanol–water partition coefficient (Wildman–Crippen LogP) is 1.89. The van der Waals surface area contributed by atoms with Crippen LogP contribution in [0.25, 0.3) is 0 Å². The van der Waals surface area contributed by atoms with E-state index in [-0.39, 0.29) is 23.6 Å². The van der Waals surface area contributed by atoms with E-state index in [0.717, 1.165) is 25.7 Å². The lowest BCUT2D eigenvalue weighted by molar-refractivity contribution is -0.386. The average Bonchev–Trinajstić information content (AvgIpc) is 2.40. The van der Waals surface area contributed by atoms with E-state index < -0.39 is 4.92 Å². The molecule has 0 radical (unpaired) electrons. The van der Waals surface area contributed by atoms with Crippen molar-refractivity contribution in [2.75, 3.05) is 6.54 Å². The van der Waals surface area contributed by atoms with Gasteiger partial charge in [0.25, 0.3) is 5.88 Å². The van der Waals surface area contributed by atoms with Crippen molar-refractivity contribution in [2.45, 2.75) is 31.8 Å². The van der Waals surface area contributed by atoms with Crippen molar-refractivity contribution < 1.29 is 9.66 Å². The number of nitrogens with two attached hydrogens (primary N) is 1. The van der Waals surface area contributed by atoms with Gasteiger partial charge in [0.05, 0.1) is 4.92 Å². The van der Waals surface area contributed by atoms with Crippen LogP contribution in [0.5, 0.6) is 5.88 Å². The lowest BCUT2D eigenvalue weighted by atomic mass is 9.86. The van der Waals surface area contributed by atoms with Crippen LogP contribution in [0.4, 0.5) is 5.69 Å². The summed E-state index contributed by atoms with van der Waals surface area (Å²) in [6.07, 6.45) is 5.56. The van der Waals surface area contributed by atoms with Gasteiger partial charge in [0.1, 0.15) is 6.10 Å². The van der Waals surface area contributed by atoms with Crippen LogP contribution in [-0.2, 0) is 0 Å². The fraction of sp³-hybridized carbons (Fsp3) is 0.583. The van der Waals surface area contributed by atoms with E-state index in [1.807, 2.05) is 0 Å². The van der Waals surface area contributed by atoms with E-state index in [1.165, 1.54) is 18.3 Å². The highest BCUT2D eigenvalue weighted by molar-refractivity contribution is 5.39. The molecule has 0 aliphatic heterocycles. The molecule has 2 rings (SSSR count). The molecule has 2 unspecified atom stereocenters. The molecule has 0 saturated heterocycles. The second kappa shape index (κ2) is 5.77. The lowest BCUT2D eigenvalue weighted by Crippen LogP contribution is -2.35. The summed E-state index contributed by atoms with van der Waals surface area (Å²) in [5, 5.41) is 10.9. The maximum absolute atomic E-state index is 10.9. The largest absolute Gasteiger partial charge is 0.469 e. The van der Waals surface area contributed by atoms with Gasteiger partial charge in [-0.1, -0.05) is 6.42 Å². The summed E-state index contributed by atoms with van der Waals surface area (Å²) in [6.45, 7) is 0.547. The van der Waals surface area contributed by atoms with Crippen LogP contribution in [0.1, 0.15) is 25.7 Å². The molecule has 6 heteroatoms. The Bertz CT molecular complexity index is 425. The molecule has 98 valence electrons. The molecule has 0 spiro atoms. The smallest absolute Gasteiger partial charge is 0.330 e. The molecule has 0 bridgehead atoms. The van der Waals surface area contributed by atoms with Gasteiger partial charge in [-0.25, -0.2) is 4.98 Å². The zero-order valence-electron chi connectivity index (χ0n) is 10.1. The van der Waals surface area contributed by atoms with Crippen molar-refractivity contribution in [1.82, 2.24) is 4.98 Å². The first kappa shape index (κ1) is 12.8. The van der Waals surface area contributed by atoms with Gasteiger partial charge < -0.3 is 10.5 Å². The predicted molar refractivity (Wildman–Crippen MR) is 66.3 cm³/mol. The molecule has 2 atom stereocenters. The number of aromatic nitrogens is 1. The van der Waals surface area contributed by atoms with Gasteiger partial charge in [-0.05, 0) is 31.9 Å². The van der Waals surface area contributed by atoms with Gasteiger partial charge >= 0.3 is 5.69 Å². The minimum absolute atomic E-state index is 0.0580. The third kappa shape index (κ3) is 2.76. The van der Waals surface area contributed by atoms with Crippen LogP contribution in [0, 0.1) is 16.0 Å². The molecule has 0 aromatic carbocycles. The molecular formula is C12H17N3O3. The Hall–Kier alpha value is -1.69. The molecule has 1 aliphatic carbocycles. The molecule has 1 aliphatic rings. The Morgan fingerprint density at radius 1 is 1.50 bits per heavy atom. The highest BCUT2D eigenvalue weighted by Gasteiger charge is 2.28. The van der Waals surface area contributed by atoms with E-state index in [9.17, 15) is 10.1 Å². The summed E-state index contributed by atoms with van der Waals surface area (Å²) < 4.78 is 5.72. The molecule has 18 heavy (non-hydrogen) atoms. The molecule has 1 aromatic heterocycles. The fourth-order valence-corrected chi connectivity index (χ4v) is 2.35. The van der Waals surface area contributed by atoms with E-state index in [2.05, 4.69) is 4.98 Å². The molecule has 2 N–H and O–H groups in total. The molecule has 0 amide bonds. The van der Waals surface area contributed by atoms with Crippen LogP contribution in [0.3, 0.4) is 0 Å². The van der Waals surface area contributed by atoms with E-state index >= 15 is 0 Å². The normalized spacial score (nSPS) is 23.6. The maximum Gasteiger partial charge on any atom is 0.330 e. The van der Waals surface area contributed by atoms with Crippen LogP contribution >= 0.6 is 0 Å². The van der Waals surface area contributed by atoms with Crippen molar-refractivity contribution >= 4 is 5.69 Å². The van der Waals surface area contributed by atoms with Gasteiger partial charge in [0.2, 0.25) is 0 Å². The maximum atomic E-state index is 10.9. The minimum Gasteiger partial charge on any atom is -0.469 e. The second-order valence-electron chi connectivity index (χ2n) is 4.52. The third-order valence-electron chi connectivity index (χ3n) is 3.35. The van der Waals surface area contributed by atoms with Gasteiger partial charge in [-0.3, -0.25) is 10.1 Å². The number of ether oxygens (including phenoxy) is 1. The lowest BCUT2D eigenvalue weighted by Gasteiger charge is -2.30. The third-order valence-corrected chi connectivity index (χ3v) is 3.35. The zero-order valence-corrected chi connectivity index (χ0v) is 10.1. The first-order valence-corrected chi connectivity index (χ1v) is 6.18. The van der Waals surface area contributed by atoms with Gasteiger partial charge in [0, 0.05) is 18.2 Å². The summed E-state index contributed by atoms with van der Waals surface area (Å²) in [5.41, 5.74) is 5.63. The van der Waals surface area contributed by atoms with Gasteiger partial charge in [-0.2, -0.15) is 0 Å². The molecule has 1 aromatic rings. The zero-order chi connectivity index (χ0) is 13.0. The number of nitro groups is 1. The van der Waals surface area contributed by atoms with Crippen LogP contribution in [-0.4, -0.2) is 22.6 Å². The quantitative estimate of drug-likeness (QED) is 0.651. The average molecular weight is 251 g/mol. The number of nitrogens with zero attached hydrogens (tertiary/aromatic N) is 2. The number of hydrogen-bond donors (Lipinski definition) is 1. The summed E-state index contributed by atoms with van der Waals surface area (Å²) in [4.78, 5) is 14.4.